The molecule has 27 heavy (non-hydrogen) atoms. The van der Waals surface area contributed by atoms with Crippen molar-refractivity contribution in [1.29, 1.82) is 0 Å². The molecule has 0 aliphatic carbocycles. The molecular weight excluding hydrogens is 348 g/mol. The molecular formula is C24H16N2S. The van der Waals surface area contributed by atoms with Gasteiger partial charge in [-0.05, 0) is 36.4 Å². The maximum absolute atomic E-state index is 6.13. The Balaban J connectivity index is 1.92. The van der Waals surface area contributed by atoms with Crippen LogP contribution in [-0.4, -0.2) is 4.57 Å². The molecule has 6 rings (SSSR count). The van der Waals surface area contributed by atoms with Crippen LogP contribution >= 0.6 is 11.3 Å². The van der Waals surface area contributed by atoms with Crippen molar-refractivity contribution in [2.75, 3.05) is 5.73 Å². The normalized spacial score (nSPS) is 11.9. The number of rotatable bonds is 1. The second kappa shape index (κ2) is 5.35. The molecule has 0 aliphatic rings. The van der Waals surface area contributed by atoms with E-state index in [1.807, 2.05) is 17.4 Å². The second-order valence-corrected chi connectivity index (χ2v) is 7.94. The minimum Gasteiger partial charge on any atom is -0.399 e. The standard InChI is InChI=1S/C24H16N2S/c25-15-10-13-21-20(14-15)18-11-12-19-17-8-4-5-9-22(17)27-24(19)23(18)26(21)16-6-2-1-3-7-16/h1-14H,25H2. The summed E-state index contributed by atoms with van der Waals surface area (Å²) in [5, 5.41) is 5.09. The van der Waals surface area contributed by atoms with Crippen LogP contribution < -0.4 is 5.73 Å². The SMILES string of the molecule is Nc1ccc2c(c1)c1ccc3c4ccccc4sc3c1n2-c1ccccc1. The number of para-hydroxylation sites is 1. The maximum Gasteiger partial charge on any atom is 0.0719 e. The predicted octanol–water partition coefficient (Wildman–Crippen LogP) is 6.73. The van der Waals surface area contributed by atoms with E-state index in [0.717, 1.165) is 5.69 Å². The van der Waals surface area contributed by atoms with Crippen LogP contribution in [0.4, 0.5) is 5.69 Å². The fourth-order valence-electron chi connectivity index (χ4n) is 4.14. The average molecular weight is 364 g/mol. The third kappa shape index (κ3) is 2.00. The molecule has 0 atom stereocenters. The van der Waals surface area contributed by atoms with Crippen LogP contribution in [0, 0.1) is 0 Å². The smallest absolute Gasteiger partial charge is 0.0719 e. The third-order valence-electron chi connectivity index (χ3n) is 5.31. The molecule has 6 aromatic rings. The zero-order chi connectivity index (χ0) is 18.0. The van der Waals surface area contributed by atoms with Crippen LogP contribution in [0.2, 0.25) is 0 Å². The summed E-state index contributed by atoms with van der Waals surface area (Å²) in [5.74, 6) is 0. The molecule has 0 saturated heterocycles. The van der Waals surface area contributed by atoms with Gasteiger partial charge in [-0.25, -0.2) is 0 Å². The number of benzene rings is 4. The van der Waals surface area contributed by atoms with E-state index < -0.39 is 0 Å². The molecule has 2 N–H and O–H groups in total. The lowest BCUT2D eigenvalue weighted by atomic mass is 10.1. The van der Waals surface area contributed by atoms with Crippen molar-refractivity contribution in [3.8, 4) is 5.69 Å². The predicted molar refractivity (Wildman–Crippen MR) is 118 cm³/mol. The Hall–Kier alpha value is -3.30. The van der Waals surface area contributed by atoms with Gasteiger partial charge in [0.1, 0.15) is 0 Å². The lowest BCUT2D eigenvalue weighted by molar-refractivity contribution is 1.19. The first-order valence-electron chi connectivity index (χ1n) is 9.00. The van der Waals surface area contributed by atoms with Crippen LogP contribution in [0.15, 0.2) is 84.9 Å². The van der Waals surface area contributed by atoms with Crippen molar-refractivity contribution in [2.45, 2.75) is 0 Å². The molecule has 0 spiro atoms. The summed E-state index contributed by atoms with van der Waals surface area (Å²) in [6.45, 7) is 0. The largest absolute Gasteiger partial charge is 0.399 e. The van der Waals surface area contributed by atoms with Crippen LogP contribution in [-0.2, 0) is 0 Å². The van der Waals surface area contributed by atoms with Crippen LogP contribution in [0.25, 0.3) is 47.7 Å². The number of hydrogen-bond acceptors (Lipinski definition) is 2. The first-order valence-corrected chi connectivity index (χ1v) is 9.82. The summed E-state index contributed by atoms with van der Waals surface area (Å²) in [5.41, 5.74) is 10.6. The summed E-state index contributed by atoms with van der Waals surface area (Å²) in [7, 11) is 0. The molecule has 128 valence electrons. The minimum atomic E-state index is 0.797. The van der Waals surface area contributed by atoms with Crippen LogP contribution in [0.5, 0.6) is 0 Å². The molecule has 2 heterocycles. The first kappa shape index (κ1) is 14.8. The lowest BCUT2D eigenvalue weighted by Crippen LogP contribution is -1.93. The van der Waals surface area contributed by atoms with Crippen molar-refractivity contribution >= 4 is 59.0 Å². The quantitative estimate of drug-likeness (QED) is 0.322. The number of anilines is 1. The van der Waals surface area contributed by atoms with Crippen molar-refractivity contribution in [2.24, 2.45) is 0 Å². The molecule has 0 unspecified atom stereocenters. The highest BCUT2D eigenvalue weighted by atomic mass is 32.1. The van der Waals surface area contributed by atoms with Gasteiger partial charge in [0.15, 0.2) is 0 Å². The van der Waals surface area contributed by atoms with Gasteiger partial charge in [0, 0.05) is 37.6 Å². The van der Waals surface area contributed by atoms with Gasteiger partial charge in [-0.15, -0.1) is 11.3 Å². The van der Waals surface area contributed by atoms with Crippen molar-refractivity contribution in [3.05, 3.63) is 84.9 Å². The summed E-state index contributed by atoms with van der Waals surface area (Å²) in [6.07, 6.45) is 0. The van der Waals surface area contributed by atoms with Crippen LogP contribution in [0.1, 0.15) is 0 Å². The highest BCUT2D eigenvalue weighted by molar-refractivity contribution is 7.26. The van der Waals surface area contributed by atoms with E-state index in [1.165, 1.54) is 47.7 Å². The maximum atomic E-state index is 6.13. The highest BCUT2D eigenvalue weighted by Gasteiger charge is 2.17. The Morgan fingerprint density at radius 1 is 0.667 bits per heavy atom. The summed E-state index contributed by atoms with van der Waals surface area (Å²) >= 11 is 1.87. The first-order chi connectivity index (χ1) is 13.3. The fraction of sp³-hybridized carbons (Fsp3) is 0. The van der Waals surface area contributed by atoms with Gasteiger partial charge in [-0.2, -0.15) is 0 Å². The van der Waals surface area contributed by atoms with Gasteiger partial charge in [-0.1, -0.05) is 48.5 Å². The third-order valence-corrected chi connectivity index (χ3v) is 6.50. The summed E-state index contributed by atoms with van der Waals surface area (Å²) in [4.78, 5) is 0. The van der Waals surface area contributed by atoms with Crippen molar-refractivity contribution in [3.63, 3.8) is 0 Å². The molecule has 0 aliphatic heterocycles. The van der Waals surface area contributed by atoms with Gasteiger partial charge in [0.05, 0.1) is 15.7 Å². The van der Waals surface area contributed by atoms with Gasteiger partial charge in [-0.3, -0.25) is 0 Å². The van der Waals surface area contributed by atoms with Gasteiger partial charge in [0.2, 0.25) is 0 Å². The topological polar surface area (TPSA) is 30.9 Å². The van der Waals surface area contributed by atoms with Gasteiger partial charge in [0.25, 0.3) is 0 Å². The van der Waals surface area contributed by atoms with Crippen LogP contribution in [0.3, 0.4) is 0 Å². The van der Waals surface area contributed by atoms with E-state index in [2.05, 4.69) is 83.4 Å². The van der Waals surface area contributed by atoms with E-state index in [0.29, 0.717) is 0 Å². The van der Waals surface area contributed by atoms with Gasteiger partial charge < -0.3 is 10.3 Å². The Kier molecular flexibility index (Phi) is 2.94. The number of nitrogen functional groups attached to an aromatic ring is 1. The van der Waals surface area contributed by atoms with E-state index >= 15 is 0 Å². The number of nitrogens with two attached hydrogens (primary N) is 1. The Morgan fingerprint density at radius 3 is 2.33 bits per heavy atom. The molecule has 2 nitrogen and oxygen atoms in total. The molecule has 4 aromatic carbocycles. The number of fused-ring (bicyclic) bond motifs is 7. The molecule has 0 bridgehead atoms. The zero-order valence-corrected chi connectivity index (χ0v) is 15.3. The van der Waals surface area contributed by atoms with Crippen molar-refractivity contribution < 1.29 is 0 Å². The monoisotopic (exact) mass is 364 g/mol. The second-order valence-electron chi connectivity index (χ2n) is 6.88. The lowest BCUT2D eigenvalue weighted by Gasteiger charge is -2.08. The highest BCUT2D eigenvalue weighted by Crippen LogP contribution is 2.43. The summed E-state index contributed by atoms with van der Waals surface area (Å²) < 4.78 is 5.03. The van der Waals surface area contributed by atoms with E-state index in [9.17, 15) is 0 Å². The minimum absolute atomic E-state index is 0.797. The number of hydrogen-bond donors (Lipinski definition) is 1. The molecule has 0 radical (unpaired) electrons. The number of nitrogens with zero attached hydrogens (tertiary/aromatic N) is 1. The Labute approximate surface area is 160 Å². The Bertz CT molecular complexity index is 1470. The van der Waals surface area contributed by atoms with Crippen molar-refractivity contribution in [1.82, 2.24) is 4.57 Å². The van der Waals surface area contributed by atoms with E-state index in [1.54, 1.807) is 0 Å². The molecule has 0 fully saturated rings. The Morgan fingerprint density at radius 2 is 1.44 bits per heavy atom. The summed E-state index contributed by atoms with van der Waals surface area (Å²) in [6, 6.07) is 30.0. The van der Waals surface area contributed by atoms with E-state index in [-0.39, 0.29) is 0 Å². The zero-order valence-electron chi connectivity index (χ0n) is 14.5. The number of thiophene rings is 1. The molecule has 0 amide bonds. The molecule has 0 saturated carbocycles. The molecule has 3 heteroatoms. The average Bonchev–Trinajstić information content (AvgIpc) is 3.24. The fourth-order valence-corrected chi connectivity index (χ4v) is 5.38. The van der Waals surface area contributed by atoms with E-state index in [4.69, 9.17) is 5.73 Å². The molecule has 2 aromatic heterocycles. The van der Waals surface area contributed by atoms with Gasteiger partial charge >= 0.3 is 0 Å². The number of aromatic nitrogens is 1.